The van der Waals surface area contributed by atoms with Crippen molar-refractivity contribution in [3.8, 4) is 11.5 Å². The van der Waals surface area contributed by atoms with Gasteiger partial charge < -0.3 is 29.7 Å². The number of hydrogen-bond donors (Lipinski definition) is 3. The molecule has 0 amide bonds. The first-order valence-electron chi connectivity index (χ1n) is 11.5. The van der Waals surface area contributed by atoms with Gasteiger partial charge in [0, 0.05) is 38.8 Å². The molecule has 2 aliphatic rings. The minimum absolute atomic E-state index is 0.245. The first kappa shape index (κ1) is 23.1. The summed E-state index contributed by atoms with van der Waals surface area (Å²) in [5.41, 5.74) is 1.65. The molecule has 2 aromatic heterocycles. The summed E-state index contributed by atoms with van der Waals surface area (Å²) in [5.74, 6) is 3.01. The summed E-state index contributed by atoms with van der Waals surface area (Å²) < 4.78 is 16.0. The van der Waals surface area contributed by atoms with Crippen LogP contribution in [0.25, 0.3) is 0 Å². The zero-order valence-electron chi connectivity index (χ0n) is 19.6. The number of nitrogens with one attached hydrogen (secondary N) is 3. The molecule has 1 fully saturated rings. The van der Waals surface area contributed by atoms with E-state index in [2.05, 4.69) is 30.8 Å². The fourth-order valence-corrected chi connectivity index (χ4v) is 4.67. The molecule has 11 nitrogen and oxygen atoms in total. The predicted octanol–water partition coefficient (Wildman–Crippen LogP) is 2.91. The van der Waals surface area contributed by atoms with Gasteiger partial charge in [0.25, 0.3) is 0 Å². The van der Waals surface area contributed by atoms with Crippen molar-refractivity contribution < 1.29 is 19.0 Å². The molecule has 3 aromatic rings. The molecule has 3 N–H and O–H groups in total. The molecule has 12 heteroatoms. The Kier molecular flexibility index (Phi) is 6.82. The number of hydrogen-bond acceptors (Lipinski definition) is 12. The Labute approximate surface area is 206 Å². The zero-order chi connectivity index (χ0) is 24.2. The van der Waals surface area contributed by atoms with E-state index in [1.807, 2.05) is 24.3 Å². The van der Waals surface area contributed by atoms with Crippen LogP contribution >= 0.6 is 11.3 Å². The number of benzene rings is 1. The summed E-state index contributed by atoms with van der Waals surface area (Å²) in [6, 6.07) is 7.81. The van der Waals surface area contributed by atoms with Gasteiger partial charge >= 0.3 is 5.97 Å². The lowest BCUT2D eigenvalue weighted by atomic mass is 10.2. The molecule has 0 spiro atoms. The Hall–Kier alpha value is -3.64. The number of fused-ring (bicyclic) bond motifs is 1. The fourth-order valence-electron chi connectivity index (χ4n) is 3.81. The quantitative estimate of drug-likeness (QED) is 0.398. The average Bonchev–Trinajstić information content (AvgIpc) is 3.49. The summed E-state index contributed by atoms with van der Waals surface area (Å²) >= 11 is 1.22. The number of piperazine rings is 1. The first-order chi connectivity index (χ1) is 17.1. The standard InChI is InChI=1S/C23H27N7O4S/c1-3-32-21(31)20-14(2)26-23(35-20)29-22-27-18(11-19(28-22)30-8-6-24-7-9-30)25-12-15-4-5-16-17(10-15)34-13-33-16/h4-5,10-11,24H,3,6-9,12-13H2,1-2H3,(H2,25,26,27,28,29). The Morgan fingerprint density at radius 3 is 2.83 bits per heavy atom. The summed E-state index contributed by atoms with van der Waals surface area (Å²) in [6.45, 7) is 8.15. The van der Waals surface area contributed by atoms with E-state index in [0.29, 0.717) is 40.6 Å². The highest BCUT2D eigenvalue weighted by molar-refractivity contribution is 7.17. The van der Waals surface area contributed by atoms with Crippen LogP contribution in [0.4, 0.5) is 22.7 Å². The maximum atomic E-state index is 12.2. The molecule has 0 atom stereocenters. The molecule has 0 radical (unpaired) electrons. The van der Waals surface area contributed by atoms with Crippen LogP contribution in [0.2, 0.25) is 0 Å². The van der Waals surface area contributed by atoms with Gasteiger partial charge in [-0.25, -0.2) is 9.78 Å². The van der Waals surface area contributed by atoms with E-state index in [1.165, 1.54) is 11.3 Å². The SMILES string of the molecule is CCOC(=O)c1sc(Nc2nc(NCc3ccc4c(c3)OCO4)cc(N3CCNCC3)n2)nc1C. The topological polar surface area (TPSA) is 123 Å². The molecule has 0 bridgehead atoms. The van der Waals surface area contributed by atoms with E-state index in [0.717, 1.165) is 49.1 Å². The summed E-state index contributed by atoms with van der Waals surface area (Å²) in [5, 5.41) is 10.5. The lowest BCUT2D eigenvalue weighted by molar-refractivity contribution is 0.0531. The second-order valence-corrected chi connectivity index (χ2v) is 8.99. The summed E-state index contributed by atoms with van der Waals surface area (Å²) in [6.07, 6.45) is 0. The van der Waals surface area contributed by atoms with Crippen LogP contribution < -0.4 is 30.3 Å². The second kappa shape index (κ2) is 10.3. The van der Waals surface area contributed by atoms with E-state index in [1.54, 1.807) is 13.8 Å². The van der Waals surface area contributed by atoms with Crippen LogP contribution in [0, 0.1) is 6.92 Å². The van der Waals surface area contributed by atoms with Gasteiger partial charge in [-0.1, -0.05) is 17.4 Å². The molecule has 0 unspecified atom stereocenters. The van der Waals surface area contributed by atoms with Gasteiger partial charge in [-0.05, 0) is 31.5 Å². The van der Waals surface area contributed by atoms with Gasteiger partial charge in [-0.15, -0.1) is 0 Å². The highest BCUT2D eigenvalue weighted by Gasteiger charge is 2.19. The number of thiazole rings is 1. The van der Waals surface area contributed by atoms with Gasteiger partial charge in [0.1, 0.15) is 16.5 Å². The maximum absolute atomic E-state index is 12.2. The monoisotopic (exact) mass is 497 g/mol. The van der Waals surface area contributed by atoms with Crippen LogP contribution in [-0.4, -0.2) is 60.5 Å². The van der Waals surface area contributed by atoms with Gasteiger partial charge in [-0.3, -0.25) is 5.32 Å². The molecular weight excluding hydrogens is 470 g/mol. The van der Waals surface area contributed by atoms with Crippen LogP contribution in [0.3, 0.4) is 0 Å². The van der Waals surface area contributed by atoms with Crippen LogP contribution in [0.5, 0.6) is 11.5 Å². The van der Waals surface area contributed by atoms with E-state index >= 15 is 0 Å². The summed E-state index contributed by atoms with van der Waals surface area (Å²) in [7, 11) is 0. The fraction of sp³-hybridized carbons (Fsp3) is 0.391. The Bertz CT molecular complexity index is 1210. The number of ether oxygens (including phenoxy) is 3. The van der Waals surface area contributed by atoms with Crippen molar-refractivity contribution in [3.63, 3.8) is 0 Å². The second-order valence-electron chi connectivity index (χ2n) is 7.99. The predicted molar refractivity (Wildman–Crippen MR) is 133 cm³/mol. The molecule has 5 rings (SSSR count). The number of anilines is 4. The Morgan fingerprint density at radius 2 is 2.00 bits per heavy atom. The third-order valence-electron chi connectivity index (χ3n) is 5.54. The molecule has 2 aliphatic heterocycles. The number of carbonyl (C=O) groups is 1. The third-order valence-corrected chi connectivity index (χ3v) is 6.59. The smallest absolute Gasteiger partial charge is 0.350 e. The first-order valence-corrected chi connectivity index (χ1v) is 12.3. The van der Waals surface area contributed by atoms with Gasteiger partial charge in [0.2, 0.25) is 12.7 Å². The van der Waals surface area contributed by atoms with Crippen molar-refractivity contribution in [2.75, 3.05) is 55.1 Å². The zero-order valence-corrected chi connectivity index (χ0v) is 20.4. The van der Waals surface area contributed by atoms with E-state index < -0.39 is 0 Å². The molecule has 4 heterocycles. The van der Waals surface area contributed by atoms with E-state index in [9.17, 15) is 4.79 Å². The van der Waals surface area contributed by atoms with Crippen molar-refractivity contribution in [1.29, 1.82) is 0 Å². The number of aromatic nitrogens is 3. The maximum Gasteiger partial charge on any atom is 0.350 e. The van der Waals surface area contributed by atoms with Crippen LogP contribution in [0.15, 0.2) is 24.3 Å². The number of rotatable bonds is 8. The number of nitrogens with zero attached hydrogens (tertiary/aromatic N) is 4. The number of aryl methyl sites for hydroxylation is 1. The third kappa shape index (κ3) is 5.38. The van der Waals surface area contributed by atoms with Crippen molar-refractivity contribution in [2.24, 2.45) is 0 Å². The molecule has 1 saturated heterocycles. The lowest BCUT2D eigenvalue weighted by Crippen LogP contribution is -2.44. The van der Waals surface area contributed by atoms with Crippen molar-refractivity contribution in [1.82, 2.24) is 20.3 Å². The largest absolute Gasteiger partial charge is 0.462 e. The molecule has 1 aromatic carbocycles. The Morgan fingerprint density at radius 1 is 1.17 bits per heavy atom. The molecule has 184 valence electrons. The number of esters is 1. The van der Waals surface area contributed by atoms with Gasteiger partial charge in [0.05, 0.1) is 12.3 Å². The lowest BCUT2D eigenvalue weighted by Gasteiger charge is -2.28. The average molecular weight is 498 g/mol. The van der Waals surface area contributed by atoms with E-state index in [-0.39, 0.29) is 12.8 Å². The highest BCUT2D eigenvalue weighted by Crippen LogP contribution is 2.33. The highest BCUT2D eigenvalue weighted by atomic mass is 32.1. The van der Waals surface area contributed by atoms with Crippen LogP contribution in [0.1, 0.15) is 27.9 Å². The van der Waals surface area contributed by atoms with Crippen molar-refractivity contribution >= 4 is 40.0 Å². The van der Waals surface area contributed by atoms with Crippen LogP contribution in [-0.2, 0) is 11.3 Å². The normalized spacial score (nSPS) is 14.6. The van der Waals surface area contributed by atoms with Gasteiger partial charge in [-0.2, -0.15) is 9.97 Å². The Balaban J connectivity index is 1.37. The van der Waals surface area contributed by atoms with Crippen molar-refractivity contribution in [2.45, 2.75) is 20.4 Å². The molecule has 0 saturated carbocycles. The minimum atomic E-state index is -0.378. The number of carbonyl (C=O) groups excluding carboxylic acids is 1. The minimum Gasteiger partial charge on any atom is -0.462 e. The summed E-state index contributed by atoms with van der Waals surface area (Å²) in [4.78, 5) is 28.7. The van der Waals surface area contributed by atoms with E-state index in [4.69, 9.17) is 19.2 Å². The molecular formula is C23H27N7O4S. The van der Waals surface area contributed by atoms with Gasteiger partial charge in [0.15, 0.2) is 16.6 Å². The van der Waals surface area contributed by atoms with Crippen molar-refractivity contribution in [3.05, 3.63) is 40.4 Å². The molecule has 0 aliphatic carbocycles. The molecule has 35 heavy (non-hydrogen) atoms.